The quantitative estimate of drug-likeness (QED) is 0.792. The molecule has 2 heteroatoms. The first kappa shape index (κ1) is 12.1. The average molecular weight is 228 g/mol. The molecule has 0 amide bonds. The van der Waals surface area contributed by atoms with Crippen LogP contribution in [0.15, 0.2) is 30.3 Å². The van der Waals surface area contributed by atoms with Crippen molar-refractivity contribution in [2.24, 2.45) is 11.8 Å². The van der Waals surface area contributed by atoms with Crippen molar-refractivity contribution in [2.75, 3.05) is 6.54 Å². The molecule has 2 rings (SSSR count). The second-order valence-electron chi connectivity index (χ2n) is 5.38. The fourth-order valence-corrected chi connectivity index (χ4v) is 2.65. The predicted molar refractivity (Wildman–Crippen MR) is 69.2 cm³/mol. The topological polar surface area (TPSA) is 27.0 Å². The van der Waals surface area contributed by atoms with Crippen LogP contribution < -0.4 is 0 Å². The van der Waals surface area contributed by atoms with Crippen LogP contribution in [0.2, 0.25) is 0 Å². The van der Waals surface area contributed by atoms with Gasteiger partial charge in [0.15, 0.2) is 0 Å². The molecule has 90 valence electrons. The molecule has 1 saturated heterocycles. The van der Waals surface area contributed by atoms with Gasteiger partial charge in [0.1, 0.15) is 6.04 Å². The van der Waals surface area contributed by atoms with Crippen LogP contribution in [-0.2, 0) is 6.54 Å². The van der Waals surface area contributed by atoms with Gasteiger partial charge in [-0.25, -0.2) is 0 Å². The van der Waals surface area contributed by atoms with Gasteiger partial charge < -0.3 is 0 Å². The lowest BCUT2D eigenvalue weighted by atomic mass is 9.82. The van der Waals surface area contributed by atoms with Gasteiger partial charge in [0.25, 0.3) is 0 Å². The zero-order valence-corrected chi connectivity index (χ0v) is 10.6. The number of nitriles is 1. The third-order valence-electron chi connectivity index (χ3n) is 3.44. The summed E-state index contributed by atoms with van der Waals surface area (Å²) in [5, 5.41) is 9.23. The molecule has 1 heterocycles. The molecule has 1 aromatic rings. The average Bonchev–Trinajstić information content (AvgIpc) is 2.28. The maximum absolute atomic E-state index is 9.23. The highest BCUT2D eigenvalue weighted by molar-refractivity contribution is 5.17. The van der Waals surface area contributed by atoms with Crippen molar-refractivity contribution >= 4 is 0 Å². The van der Waals surface area contributed by atoms with Crippen LogP contribution in [0.4, 0.5) is 0 Å². The van der Waals surface area contributed by atoms with E-state index < -0.39 is 0 Å². The Morgan fingerprint density at radius 1 is 1.35 bits per heavy atom. The fourth-order valence-electron chi connectivity index (χ4n) is 2.65. The van der Waals surface area contributed by atoms with Crippen LogP contribution >= 0.6 is 0 Å². The number of benzene rings is 1. The number of rotatable bonds is 4. The first-order chi connectivity index (χ1) is 8.20. The molecule has 0 aromatic heterocycles. The first-order valence-corrected chi connectivity index (χ1v) is 6.38. The molecule has 0 aliphatic carbocycles. The maximum Gasteiger partial charge on any atom is 0.102 e. The van der Waals surface area contributed by atoms with Gasteiger partial charge in [0.2, 0.25) is 0 Å². The maximum atomic E-state index is 9.23. The van der Waals surface area contributed by atoms with E-state index in [1.807, 2.05) is 6.07 Å². The zero-order chi connectivity index (χ0) is 12.3. The van der Waals surface area contributed by atoms with Crippen molar-refractivity contribution in [3.63, 3.8) is 0 Å². The summed E-state index contributed by atoms with van der Waals surface area (Å²) in [6, 6.07) is 13.0. The lowest BCUT2D eigenvalue weighted by molar-refractivity contribution is 0.0311. The summed E-state index contributed by atoms with van der Waals surface area (Å²) in [6.45, 7) is 6.45. The Balaban J connectivity index is 1.91. The van der Waals surface area contributed by atoms with Gasteiger partial charge in [0, 0.05) is 19.0 Å². The van der Waals surface area contributed by atoms with E-state index in [2.05, 4.69) is 49.1 Å². The molecule has 17 heavy (non-hydrogen) atoms. The highest BCUT2D eigenvalue weighted by Crippen LogP contribution is 2.31. The number of hydrogen-bond acceptors (Lipinski definition) is 2. The smallest absolute Gasteiger partial charge is 0.102 e. The van der Waals surface area contributed by atoms with Crippen LogP contribution in [0.5, 0.6) is 0 Å². The highest BCUT2D eigenvalue weighted by atomic mass is 15.2. The van der Waals surface area contributed by atoms with E-state index in [1.165, 1.54) is 12.0 Å². The molecule has 0 saturated carbocycles. The van der Waals surface area contributed by atoms with Gasteiger partial charge in [0.05, 0.1) is 6.07 Å². The molecule has 1 aromatic carbocycles. The summed E-state index contributed by atoms with van der Waals surface area (Å²) in [7, 11) is 0. The SMILES string of the molecule is CC(C)C[C@H]1CN(Cc2ccccc2)[C@H]1C#N. The van der Waals surface area contributed by atoms with E-state index in [9.17, 15) is 5.26 Å². The predicted octanol–water partition coefficient (Wildman–Crippen LogP) is 3.06. The lowest BCUT2D eigenvalue weighted by Gasteiger charge is -2.45. The van der Waals surface area contributed by atoms with Crippen LogP contribution in [-0.4, -0.2) is 17.5 Å². The Morgan fingerprint density at radius 2 is 2.06 bits per heavy atom. The Kier molecular flexibility index (Phi) is 3.81. The minimum absolute atomic E-state index is 0.123. The fraction of sp³-hybridized carbons (Fsp3) is 0.533. The summed E-state index contributed by atoms with van der Waals surface area (Å²) >= 11 is 0. The molecular weight excluding hydrogens is 208 g/mol. The van der Waals surface area contributed by atoms with Crippen LogP contribution in [0.3, 0.4) is 0 Å². The van der Waals surface area contributed by atoms with E-state index in [0.29, 0.717) is 11.8 Å². The van der Waals surface area contributed by atoms with Crippen molar-refractivity contribution < 1.29 is 0 Å². The standard InChI is InChI=1S/C15H20N2/c1-12(2)8-14-11-17(15(14)9-16)10-13-6-4-3-5-7-13/h3-7,12,14-15H,8,10-11H2,1-2H3/t14-,15-/m0/s1. The van der Waals surface area contributed by atoms with Crippen LogP contribution in [0.1, 0.15) is 25.8 Å². The molecular formula is C15H20N2. The Morgan fingerprint density at radius 3 is 2.65 bits per heavy atom. The molecule has 0 bridgehead atoms. The first-order valence-electron chi connectivity index (χ1n) is 6.38. The molecule has 0 unspecified atom stereocenters. The van der Waals surface area contributed by atoms with Crippen molar-refractivity contribution in [3.8, 4) is 6.07 Å². The zero-order valence-electron chi connectivity index (χ0n) is 10.6. The summed E-state index contributed by atoms with van der Waals surface area (Å²) in [6.07, 6.45) is 1.17. The van der Waals surface area contributed by atoms with E-state index in [-0.39, 0.29) is 6.04 Å². The van der Waals surface area contributed by atoms with Crippen LogP contribution in [0.25, 0.3) is 0 Å². The van der Waals surface area contributed by atoms with Crippen molar-refractivity contribution in [1.29, 1.82) is 5.26 Å². The number of nitrogens with zero attached hydrogens (tertiary/aromatic N) is 2. The van der Waals surface area contributed by atoms with Gasteiger partial charge in [-0.2, -0.15) is 5.26 Å². The Hall–Kier alpha value is -1.33. The summed E-state index contributed by atoms with van der Waals surface area (Å²) in [4.78, 5) is 2.28. The van der Waals surface area contributed by atoms with E-state index in [0.717, 1.165) is 13.1 Å². The second-order valence-corrected chi connectivity index (χ2v) is 5.38. The molecule has 1 aliphatic rings. The summed E-state index contributed by atoms with van der Waals surface area (Å²) in [5.74, 6) is 1.26. The van der Waals surface area contributed by atoms with Crippen molar-refractivity contribution in [1.82, 2.24) is 4.90 Å². The van der Waals surface area contributed by atoms with Gasteiger partial charge in [-0.3, -0.25) is 4.90 Å². The Bertz CT molecular complexity index is 391. The van der Waals surface area contributed by atoms with E-state index in [4.69, 9.17) is 0 Å². The summed E-state index contributed by atoms with van der Waals surface area (Å²) in [5.41, 5.74) is 1.30. The van der Waals surface area contributed by atoms with Gasteiger partial charge >= 0.3 is 0 Å². The third-order valence-corrected chi connectivity index (χ3v) is 3.44. The molecule has 0 N–H and O–H groups in total. The van der Waals surface area contributed by atoms with E-state index >= 15 is 0 Å². The Labute approximate surface area is 104 Å². The van der Waals surface area contributed by atoms with Gasteiger partial charge in [-0.15, -0.1) is 0 Å². The molecule has 1 aliphatic heterocycles. The third kappa shape index (κ3) is 2.87. The van der Waals surface area contributed by atoms with E-state index in [1.54, 1.807) is 0 Å². The van der Waals surface area contributed by atoms with Gasteiger partial charge in [-0.05, 0) is 17.9 Å². The minimum atomic E-state index is 0.123. The normalized spacial score (nSPS) is 24.4. The molecule has 0 spiro atoms. The molecule has 2 atom stereocenters. The largest absolute Gasteiger partial charge is 0.283 e. The minimum Gasteiger partial charge on any atom is -0.283 e. The number of likely N-dealkylation sites (tertiary alicyclic amines) is 1. The number of hydrogen-bond donors (Lipinski definition) is 0. The molecule has 2 nitrogen and oxygen atoms in total. The van der Waals surface area contributed by atoms with Gasteiger partial charge in [-0.1, -0.05) is 44.2 Å². The second kappa shape index (κ2) is 5.33. The van der Waals surface area contributed by atoms with Crippen molar-refractivity contribution in [3.05, 3.63) is 35.9 Å². The monoisotopic (exact) mass is 228 g/mol. The molecule has 0 radical (unpaired) electrons. The highest BCUT2D eigenvalue weighted by Gasteiger charge is 2.38. The van der Waals surface area contributed by atoms with Crippen LogP contribution in [0, 0.1) is 23.2 Å². The summed E-state index contributed by atoms with van der Waals surface area (Å²) < 4.78 is 0. The molecule has 1 fully saturated rings. The van der Waals surface area contributed by atoms with Crippen molar-refractivity contribution in [2.45, 2.75) is 32.9 Å². The lowest BCUT2D eigenvalue weighted by Crippen LogP contribution is -2.55.